The number of piperidine rings is 1. The van der Waals surface area contributed by atoms with E-state index in [2.05, 4.69) is 14.9 Å². The lowest BCUT2D eigenvalue weighted by molar-refractivity contribution is 0.218. The van der Waals surface area contributed by atoms with Crippen LogP contribution in [0.1, 0.15) is 19.3 Å². The molecule has 0 unspecified atom stereocenters. The summed E-state index contributed by atoms with van der Waals surface area (Å²) in [5.74, 6) is 0. The molecule has 1 aromatic heterocycles. The number of fused-ring (bicyclic) bond motifs is 1. The number of likely N-dealkylation sites (N-methyl/N-ethyl adjacent to an activating group) is 1. The monoisotopic (exact) mass is 338 g/mol. The molecule has 23 heavy (non-hydrogen) atoms. The number of nitrogens with one attached hydrogen (secondary N) is 2. The van der Waals surface area contributed by atoms with Crippen molar-refractivity contribution in [3.05, 3.63) is 28.7 Å². The van der Waals surface area contributed by atoms with Gasteiger partial charge in [-0.25, -0.2) is 13.2 Å². The van der Waals surface area contributed by atoms with Gasteiger partial charge in [0.2, 0.25) is 10.0 Å². The second-order valence-corrected chi connectivity index (χ2v) is 8.06. The van der Waals surface area contributed by atoms with Gasteiger partial charge >= 0.3 is 5.69 Å². The first-order chi connectivity index (χ1) is 11.0. The van der Waals surface area contributed by atoms with Crippen LogP contribution >= 0.6 is 0 Å². The minimum Gasteiger partial charge on any atom is -0.306 e. The molecule has 1 fully saturated rings. The van der Waals surface area contributed by atoms with Gasteiger partial charge in [-0.15, -0.1) is 0 Å². The Morgan fingerprint density at radius 2 is 1.83 bits per heavy atom. The van der Waals surface area contributed by atoms with E-state index in [1.807, 2.05) is 0 Å². The standard InChI is InChI=1S/C15H22N4O3S/c1-18(9-10-19-7-3-2-4-8-19)23(21,22)12-5-6-13-14(11-12)17-15(20)16-13/h5-6,11H,2-4,7-10H2,1H3,(H2,16,17,20). The van der Waals surface area contributed by atoms with Crippen LogP contribution in [-0.2, 0) is 10.0 Å². The molecule has 0 bridgehead atoms. The zero-order chi connectivity index (χ0) is 16.4. The van der Waals surface area contributed by atoms with Crippen molar-refractivity contribution >= 4 is 21.1 Å². The average Bonchev–Trinajstić information content (AvgIpc) is 2.92. The van der Waals surface area contributed by atoms with Crippen molar-refractivity contribution < 1.29 is 8.42 Å². The van der Waals surface area contributed by atoms with Crippen LogP contribution in [0.2, 0.25) is 0 Å². The molecule has 1 saturated heterocycles. The summed E-state index contributed by atoms with van der Waals surface area (Å²) in [5.41, 5.74) is 0.762. The summed E-state index contributed by atoms with van der Waals surface area (Å²) >= 11 is 0. The molecule has 0 atom stereocenters. The van der Waals surface area contributed by atoms with Crippen LogP contribution in [0.25, 0.3) is 11.0 Å². The number of rotatable bonds is 5. The minimum absolute atomic E-state index is 0.196. The van der Waals surface area contributed by atoms with E-state index in [1.165, 1.54) is 35.7 Å². The van der Waals surface area contributed by atoms with Crippen molar-refractivity contribution in [3.63, 3.8) is 0 Å². The maximum absolute atomic E-state index is 12.7. The number of sulfonamides is 1. The third-order valence-electron chi connectivity index (χ3n) is 4.38. The fraction of sp³-hybridized carbons (Fsp3) is 0.533. The van der Waals surface area contributed by atoms with Crippen LogP contribution in [-0.4, -0.2) is 60.8 Å². The number of aromatic amines is 2. The lowest BCUT2D eigenvalue weighted by Gasteiger charge is -2.28. The van der Waals surface area contributed by atoms with Gasteiger partial charge in [0.15, 0.2) is 0 Å². The Balaban J connectivity index is 1.74. The number of nitrogens with zero attached hydrogens (tertiary/aromatic N) is 2. The Morgan fingerprint density at radius 3 is 2.57 bits per heavy atom. The summed E-state index contributed by atoms with van der Waals surface area (Å²) in [6.45, 7) is 3.30. The van der Waals surface area contributed by atoms with E-state index in [0.29, 0.717) is 17.6 Å². The van der Waals surface area contributed by atoms with Crippen molar-refractivity contribution in [3.8, 4) is 0 Å². The maximum atomic E-state index is 12.7. The van der Waals surface area contributed by atoms with Gasteiger partial charge in [-0.2, -0.15) is 4.31 Å². The fourth-order valence-corrected chi connectivity index (χ4v) is 4.13. The Morgan fingerprint density at radius 1 is 1.13 bits per heavy atom. The molecule has 0 amide bonds. The number of likely N-dealkylation sites (tertiary alicyclic amines) is 1. The summed E-state index contributed by atoms with van der Waals surface area (Å²) in [6.07, 6.45) is 3.64. The topological polar surface area (TPSA) is 89.3 Å². The van der Waals surface area contributed by atoms with Crippen molar-refractivity contribution in [2.24, 2.45) is 0 Å². The molecule has 2 aromatic rings. The first-order valence-electron chi connectivity index (χ1n) is 7.87. The summed E-state index contributed by atoms with van der Waals surface area (Å²) in [4.78, 5) is 19.0. The van der Waals surface area contributed by atoms with Crippen LogP contribution in [0.5, 0.6) is 0 Å². The highest BCUT2D eigenvalue weighted by molar-refractivity contribution is 7.89. The number of aromatic nitrogens is 2. The van der Waals surface area contributed by atoms with Gasteiger partial charge in [0.25, 0.3) is 0 Å². The van der Waals surface area contributed by atoms with Gasteiger partial charge < -0.3 is 14.9 Å². The van der Waals surface area contributed by atoms with Crippen molar-refractivity contribution in [2.75, 3.05) is 33.2 Å². The Kier molecular flexibility index (Phi) is 4.56. The number of hydrogen-bond donors (Lipinski definition) is 2. The highest BCUT2D eigenvalue weighted by Gasteiger charge is 2.22. The van der Waals surface area contributed by atoms with Crippen LogP contribution < -0.4 is 5.69 Å². The Labute approximate surface area is 135 Å². The maximum Gasteiger partial charge on any atom is 0.323 e. The summed E-state index contributed by atoms with van der Waals surface area (Å²) < 4.78 is 26.7. The van der Waals surface area contributed by atoms with Gasteiger partial charge in [-0.3, -0.25) is 0 Å². The van der Waals surface area contributed by atoms with Crippen LogP contribution in [0.3, 0.4) is 0 Å². The zero-order valence-electron chi connectivity index (χ0n) is 13.2. The molecule has 1 aromatic carbocycles. The summed E-state index contributed by atoms with van der Waals surface area (Å²) in [6, 6.07) is 4.64. The molecule has 0 spiro atoms. The molecule has 2 heterocycles. The van der Waals surface area contributed by atoms with Gasteiger partial charge in [-0.05, 0) is 44.1 Å². The summed E-state index contributed by atoms with van der Waals surface area (Å²) in [7, 11) is -1.95. The second kappa shape index (κ2) is 6.46. The smallest absolute Gasteiger partial charge is 0.306 e. The molecule has 1 aliphatic heterocycles. The molecule has 7 nitrogen and oxygen atoms in total. The molecular formula is C15H22N4O3S. The molecule has 0 saturated carbocycles. The van der Waals surface area contributed by atoms with E-state index in [-0.39, 0.29) is 10.6 Å². The zero-order valence-corrected chi connectivity index (χ0v) is 14.0. The van der Waals surface area contributed by atoms with Crippen molar-refractivity contribution in [2.45, 2.75) is 24.2 Å². The van der Waals surface area contributed by atoms with Crippen LogP contribution in [0, 0.1) is 0 Å². The SMILES string of the molecule is CN(CCN1CCCCC1)S(=O)(=O)c1ccc2[nH]c(=O)[nH]c2c1. The van der Waals surface area contributed by atoms with E-state index < -0.39 is 10.0 Å². The third-order valence-corrected chi connectivity index (χ3v) is 6.23. The highest BCUT2D eigenvalue weighted by Crippen LogP contribution is 2.18. The number of hydrogen-bond acceptors (Lipinski definition) is 4. The van der Waals surface area contributed by atoms with Gasteiger partial charge in [0.1, 0.15) is 0 Å². The van der Waals surface area contributed by atoms with E-state index in [4.69, 9.17) is 0 Å². The highest BCUT2D eigenvalue weighted by atomic mass is 32.2. The quantitative estimate of drug-likeness (QED) is 0.850. The van der Waals surface area contributed by atoms with E-state index in [9.17, 15) is 13.2 Å². The molecule has 0 radical (unpaired) electrons. The predicted octanol–water partition coefficient (Wildman–Crippen LogP) is 0.963. The molecule has 0 aliphatic carbocycles. The van der Waals surface area contributed by atoms with Gasteiger partial charge in [-0.1, -0.05) is 6.42 Å². The Bertz CT molecular complexity index is 834. The van der Waals surface area contributed by atoms with Gasteiger partial charge in [0.05, 0.1) is 15.9 Å². The van der Waals surface area contributed by atoms with Crippen LogP contribution in [0.15, 0.2) is 27.9 Å². The Hall–Kier alpha value is -1.64. The molecule has 3 rings (SSSR count). The molecule has 8 heteroatoms. The third kappa shape index (κ3) is 3.49. The minimum atomic E-state index is -3.55. The first-order valence-corrected chi connectivity index (χ1v) is 9.31. The van der Waals surface area contributed by atoms with E-state index in [1.54, 1.807) is 13.1 Å². The van der Waals surface area contributed by atoms with Gasteiger partial charge in [0, 0.05) is 20.1 Å². The molecular weight excluding hydrogens is 316 g/mol. The fourth-order valence-electron chi connectivity index (χ4n) is 2.94. The first kappa shape index (κ1) is 16.2. The lowest BCUT2D eigenvalue weighted by atomic mass is 10.1. The van der Waals surface area contributed by atoms with E-state index >= 15 is 0 Å². The lowest BCUT2D eigenvalue weighted by Crippen LogP contribution is -2.38. The molecule has 2 N–H and O–H groups in total. The van der Waals surface area contributed by atoms with Crippen molar-refractivity contribution in [1.82, 2.24) is 19.2 Å². The molecule has 126 valence electrons. The number of imidazole rings is 1. The average molecular weight is 338 g/mol. The second-order valence-electron chi connectivity index (χ2n) is 6.02. The normalized spacial score (nSPS) is 17.1. The van der Waals surface area contributed by atoms with Crippen molar-refractivity contribution in [1.29, 1.82) is 0 Å². The molecule has 1 aliphatic rings. The number of H-pyrrole nitrogens is 2. The summed E-state index contributed by atoms with van der Waals surface area (Å²) in [5, 5.41) is 0. The van der Waals surface area contributed by atoms with Crippen LogP contribution in [0.4, 0.5) is 0 Å². The predicted molar refractivity (Wildman–Crippen MR) is 89.0 cm³/mol. The largest absolute Gasteiger partial charge is 0.323 e. The number of benzene rings is 1. The van der Waals surface area contributed by atoms with E-state index in [0.717, 1.165) is 19.6 Å².